The number of rotatable bonds is 6. The Morgan fingerprint density at radius 1 is 1.18 bits per heavy atom. The minimum absolute atomic E-state index is 0.0366. The van der Waals surface area contributed by atoms with E-state index in [-0.39, 0.29) is 23.1 Å². The fourth-order valence-electron chi connectivity index (χ4n) is 2.00. The molecule has 22 heavy (non-hydrogen) atoms. The van der Waals surface area contributed by atoms with Gasteiger partial charge < -0.3 is 4.74 Å². The molecule has 0 heterocycles. The molecule has 0 aliphatic heterocycles. The van der Waals surface area contributed by atoms with Crippen LogP contribution in [0.15, 0.2) is 47.4 Å². The van der Waals surface area contributed by atoms with Gasteiger partial charge in [-0.15, -0.1) is 11.6 Å². The Morgan fingerprint density at radius 2 is 1.91 bits per heavy atom. The maximum Gasteiger partial charge on any atom is 0.240 e. The van der Waals surface area contributed by atoms with Crippen molar-refractivity contribution in [3.63, 3.8) is 0 Å². The van der Waals surface area contributed by atoms with Crippen molar-refractivity contribution in [1.29, 1.82) is 0 Å². The maximum atomic E-state index is 13.9. The van der Waals surface area contributed by atoms with E-state index in [1.807, 2.05) is 0 Å². The molecule has 0 atom stereocenters. The molecule has 0 spiro atoms. The largest absolute Gasteiger partial charge is 0.496 e. The molecule has 0 saturated carbocycles. The normalized spacial score (nSPS) is 11.4. The van der Waals surface area contributed by atoms with E-state index >= 15 is 0 Å². The predicted molar refractivity (Wildman–Crippen MR) is 84.3 cm³/mol. The van der Waals surface area contributed by atoms with Gasteiger partial charge in [0, 0.05) is 29.6 Å². The van der Waals surface area contributed by atoms with E-state index in [4.69, 9.17) is 16.3 Å². The van der Waals surface area contributed by atoms with Gasteiger partial charge in [-0.2, -0.15) is 0 Å². The summed E-state index contributed by atoms with van der Waals surface area (Å²) in [5, 5.41) is 0. The Kier molecular flexibility index (Phi) is 5.39. The summed E-state index contributed by atoms with van der Waals surface area (Å²) in [5.41, 5.74) is 0.828. The van der Waals surface area contributed by atoms with Crippen molar-refractivity contribution in [2.75, 3.05) is 19.5 Å². The summed E-state index contributed by atoms with van der Waals surface area (Å²) in [6, 6.07) is 10.5. The fourth-order valence-corrected chi connectivity index (χ4v) is 3.25. The zero-order chi connectivity index (χ0) is 16.2. The van der Waals surface area contributed by atoms with Crippen molar-refractivity contribution in [3.05, 3.63) is 48.3 Å². The molecular weight excluding hydrogens is 329 g/mol. The highest BCUT2D eigenvalue weighted by Gasteiger charge is 2.17. The smallest absolute Gasteiger partial charge is 0.240 e. The summed E-state index contributed by atoms with van der Waals surface area (Å²) in [7, 11) is -2.27. The fraction of sp³-hybridized carbons (Fsp3) is 0.200. The number of ether oxygens (including phenoxy) is 1. The highest BCUT2D eigenvalue weighted by Crippen LogP contribution is 2.33. The van der Waals surface area contributed by atoms with Gasteiger partial charge in [0.15, 0.2) is 0 Å². The Labute approximate surface area is 133 Å². The van der Waals surface area contributed by atoms with Gasteiger partial charge in [0.2, 0.25) is 10.0 Å². The van der Waals surface area contributed by atoms with Crippen molar-refractivity contribution in [1.82, 2.24) is 4.72 Å². The average Bonchev–Trinajstić information content (AvgIpc) is 2.53. The van der Waals surface area contributed by atoms with Crippen LogP contribution < -0.4 is 9.46 Å². The van der Waals surface area contributed by atoms with Crippen LogP contribution in [-0.4, -0.2) is 28.0 Å². The summed E-state index contributed by atoms with van der Waals surface area (Å²) in [6.45, 7) is 0.126. The van der Waals surface area contributed by atoms with Crippen molar-refractivity contribution < 1.29 is 17.5 Å². The number of benzene rings is 2. The number of alkyl halides is 1. The van der Waals surface area contributed by atoms with Crippen LogP contribution in [-0.2, 0) is 10.0 Å². The Morgan fingerprint density at radius 3 is 2.55 bits per heavy atom. The highest BCUT2D eigenvalue weighted by molar-refractivity contribution is 7.89. The van der Waals surface area contributed by atoms with Crippen LogP contribution in [0.25, 0.3) is 11.1 Å². The van der Waals surface area contributed by atoms with E-state index in [1.54, 1.807) is 18.2 Å². The summed E-state index contributed by atoms with van der Waals surface area (Å²) in [6.07, 6.45) is 0. The molecule has 4 nitrogen and oxygen atoms in total. The van der Waals surface area contributed by atoms with Gasteiger partial charge in [-0.3, -0.25) is 0 Å². The van der Waals surface area contributed by atoms with Gasteiger partial charge in [-0.1, -0.05) is 18.2 Å². The van der Waals surface area contributed by atoms with Crippen LogP contribution in [0.1, 0.15) is 0 Å². The Balaban J connectivity index is 2.47. The summed E-state index contributed by atoms with van der Waals surface area (Å²) < 4.78 is 45.6. The standard InChI is InChI=1S/C15H15ClFNO3S/c1-21-15-10-11(22(19,20)18-9-8-16)6-7-13(15)12-4-2-3-5-14(12)17/h2-7,10,18H,8-9H2,1H3. The van der Waals surface area contributed by atoms with Crippen LogP contribution in [0, 0.1) is 5.82 Å². The number of halogens is 2. The lowest BCUT2D eigenvalue weighted by atomic mass is 10.0. The maximum absolute atomic E-state index is 13.9. The first-order valence-electron chi connectivity index (χ1n) is 6.48. The number of sulfonamides is 1. The van der Waals surface area contributed by atoms with Crippen LogP contribution in [0.3, 0.4) is 0 Å². The van der Waals surface area contributed by atoms with Gasteiger partial charge in [-0.25, -0.2) is 17.5 Å². The molecule has 2 aromatic rings. The highest BCUT2D eigenvalue weighted by atomic mass is 35.5. The number of hydrogen-bond donors (Lipinski definition) is 1. The zero-order valence-electron chi connectivity index (χ0n) is 11.8. The van der Waals surface area contributed by atoms with Gasteiger partial charge in [-0.05, 0) is 18.2 Å². The van der Waals surface area contributed by atoms with Crippen molar-refractivity contribution in [2.24, 2.45) is 0 Å². The molecule has 1 N–H and O–H groups in total. The molecule has 118 valence electrons. The van der Waals surface area contributed by atoms with Crippen LogP contribution in [0.5, 0.6) is 5.75 Å². The molecule has 0 amide bonds. The minimum atomic E-state index is -3.67. The molecule has 0 unspecified atom stereocenters. The Bertz CT molecular complexity index is 765. The molecule has 0 aliphatic carbocycles. The quantitative estimate of drug-likeness (QED) is 0.820. The SMILES string of the molecule is COc1cc(S(=O)(=O)NCCCl)ccc1-c1ccccc1F. The third kappa shape index (κ3) is 3.58. The molecule has 7 heteroatoms. The molecule has 0 aromatic heterocycles. The van der Waals surface area contributed by atoms with E-state index in [9.17, 15) is 12.8 Å². The summed E-state index contributed by atoms with van der Waals surface area (Å²) in [4.78, 5) is 0.0366. The number of nitrogens with one attached hydrogen (secondary N) is 1. The lowest BCUT2D eigenvalue weighted by Crippen LogP contribution is -2.25. The van der Waals surface area contributed by atoms with Crippen molar-refractivity contribution >= 4 is 21.6 Å². The molecule has 2 rings (SSSR count). The first-order chi connectivity index (χ1) is 10.5. The summed E-state index contributed by atoms with van der Waals surface area (Å²) >= 11 is 5.48. The van der Waals surface area contributed by atoms with Crippen molar-refractivity contribution in [3.8, 4) is 16.9 Å². The van der Waals surface area contributed by atoms with E-state index in [0.717, 1.165) is 0 Å². The van der Waals surface area contributed by atoms with E-state index in [2.05, 4.69) is 4.72 Å². The average molecular weight is 344 g/mol. The van der Waals surface area contributed by atoms with Gasteiger partial charge in [0.25, 0.3) is 0 Å². The molecule has 2 aromatic carbocycles. The van der Waals surface area contributed by atoms with Crippen LogP contribution >= 0.6 is 11.6 Å². The van der Waals surface area contributed by atoms with E-state index < -0.39 is 15.8 Å². The first-order valence-corrected chi connectivity index (χ1v) is 8.50. The number of hydrogen-bond acceptors (Lipinski definition) is 3. The molecule has 0 radical (unpaired) electrons. The molecule has 0 aliphatic rings. The zero-order valence-corrected chi connectivity index (χ0v) is 13.4. The lowest BCUT2D eigenvalue weighted by molar-refractivity contribution is 0.414. The lowest BCUT2D eigenvalue weighted by Gasteiger charge is -2.12. The third-order valence-corrected chi connectivity index (χ3v) is 4.68. The minimum Gasteiger partial charge on any atom is -0.496 e. The second-order valence-electron chi connectivity index (χ2n) is 4.43. The topological polar surface area (TPSA) is 55.4 Å². The molecular formula is C15H15ClFNO3S. The van der Waals surface area contributed by atoms with Gasteiger partial charge in [0.1, 0.15) is 11.6 Å². The summed E-state index contributed by atoms with van der Waals surface area (Å²) in [5.74, 6) is 0.0412. The first kappa shape index (κ1) is 16.7. The van der Waals surface area contributed by atoms with E-state index in [1.165, 1.54) is 31.4 Å². The second kappa shape index (κ2) is 7.09. The third-order valence-electron chi connectivity index (χ3n) is 3.03. The van der Waals surface area contributed by atoms with Gasteiger partial charge >= 0.3 is 0 Å². The van der Waals surface area contributed by atoms with Crippen LogP contribution in [0.4, 0.5) is 4.39 Å². The second-order valence-corrected chi connectivity index (χ2v) is 6.57. The number of methoxy groups -OCH3 is 1. The predicted octanol–water partition coefficient (Wildman–Crippen LogP) is 3.02. The molecule has 0 fully saturated rings. The molecule has 0 saturated heterocycles. The van der Waals surface area contributed by atoms with Crippen LogP contribution in [0.2, 0.25) is 0 Å². The van der Waals surface area contributed by atoms with E-state index in [0.29, 0.717) is 11.1 Å². The van der Waals surface area contributed by atoms with Crippen molar-refractivity contribution in [2.45, 2.75) is 4.90 Å². The van der Waals surface area contributed by atoms with Gasteiger partial charge in [0.05, 0.1) is 12.0 Å². The monoisotopic (exact) mass is 343 g/mol. The Hall–Kier alpha value is -1.63. The molecule has 0 bridgehead atoms.